The van der Waals surface area contributed by atoms with Crippen LogP contribution >= 0.6 is 0 Å². The van der Waals surface area contributed by atoms with E-state index < -0.39 is 15.0 Å². The van der Waals surface area contributed by atoms with Gasteiger partial charge in [0.05, 0.1) is 0 Å². The zero-order valence-corrected chi connectivity index (χ0v) is 14.4. The van der Waals surface area contributed by atoms with Gasteiger partial charge in [0.1, 0.15) is 0 Å². The predicted octanol–water partition coefficient (Wildman–Crippen LogP) is 3.07. The lowest BCUT2D eigenvalue weighted by Crippen LogP contribution is -2.48. The molecule has 0 aromatic heterocycles. The van der Waals surface area contributed by atoms with Crippen molar-refractivity contribution in [3.63, 3.8) is 0 Å². The Labute approximate surface area is 123 Å². The van der Waals surface area contributed by atoms with Crippen LogP contribution in [0.3, 0.4) is 0 Å². The highest BCUT2D eigenvalue weighted by atomic mass is 28.4. The quantitative estimate of drug-likeness (QED) is 0.434. The van der Waals surface area contributed by atoms with E-state index in [-0.39, 0.29) is 0 Å². The van der Waals surface area contributed by atoms with Crippen molar-refractivity contribution < 1.29 is 22.5 Å². The zero-order chi connectivity index (χ0) is 15.6. The maximum Gasteiger partial charge on any atom is 0.751 e. The highest BCUT2D eigenvalue weighted by Crippen LogP contribution is 2.22. The lowest BCUT2D eigenvalue weighted by molar-refractivity contribution is -0.138. The Kier molecular flexibility index (Phi) is 9.74. The molecule has 118 valence electrons. The van der Waals surface area contributed by atoms with E-state index in [9.17, 15) is 4.79 Å². The molecule has 0 aliphatic carbocycles. The van der Waals surface area contributed by atoms with E-state index in [2.05, 4.69) is 20.4 Å². The number of hydrogen-bond donors (Lipinski definition) is 0. The van der Waals surface area contributed by atoms with Crippen LogP contribution in [0.5, 0.6) is 0 Å². The van der Waals surface area contributed by atoms with Crippen molar-refractivity contribution in [2.45, 2.75) is 46.0 Å². The van der Waals surface area contributed by atoms with Crippen LogP contribution in [0.2, 0.25) is 0 Å². The molecule has 0 aromatic carbocycles. The number of hydrogen-bond acceptors (Lipinski definition) is 5. The fourth-order valence-corrected chi connectivity index (χ4v) is 3.06. The van der Waals surface area contributed by atoms with Gasteiger partial charge in [-0.1, -0.05) is 46.1 Å². The van der Waals surface area contributed by atoms with Crippen LogP contribution in [0.1, 0.15) is 46.0 Å². The first-order valence-electron chi connectivity index (χ1n) is 7.05. The summed E-state index contributed by atoms with van der Waals surface area (Å²) in [4.78, 5) is 12.0. The normalized spacial score (nSPS) is 13.1. The molecule has 0 saturated heterocycles. The standard InChI is InChI=1S/C14H28O5Si/c1-7-9-10-13(8-2)11-12(3)14(15)19-20(16-4,17-5)18-6/h13H,3,7-11H2,1-2,4-6H3. The summed E-state index contributed by atoms with van der Waals surface area (Å²) in [5.41, 5.74) is 0.441. The smallest absolute Gasteiger partial charge is 0.448 e. The van der Waals surface area contributed by atoms with Crippen molar-refractivity contribution in [3.05, 3.63) is 12.2 Å². The van der Waals surface area contributed by atoms with Crippen LogP contribution in [0.4, 0.5) is 0 Å². The molecule has 1 atom stereocenters. The van der Waals surface area contributed by atoms with Crippen LogP contribution in [-0.2, 0) is 22.5 Å². The molecule has 0 radical (unpaired) electrons. The van der Waals surface area contributed by atoms with Crippen molar-refractivity contribution in [2.24, 2.45) is 5.92 Å². The molecule has 0 aliphatic rings. The number of rotatable bonds is 11. The van der Waals surface area contributed by atoms with Gasteiger partial charge < -0.3 is 17.7 Å². The van der Waals surface area contributed by atoms with E-state index in [0.29, 0.717) is 17.9 Å². The molecule has 5 nitrogen and oxygen atoms in total. The Hall–Kier alpha value is -0.693. The Balaban J connectivity index is 4.50. The fourth-order valence-electron chi connectivity index (χ4n) is 1.94. The molecule has 0 saturated carbocycles. The van der Waals surface area contributed by atoms with Gasteiger partial charge in [-0.2, -0.15) is 0 Å². The summed E-state index contributed by atoms with van der Waals surface area (Å²) < 4.78 is 20.4. The van der Waals surface area contributed by atoms with E-state index in [1.165, 1.54) is 21.3 Å². The Morgan fingerprint density at radius 2 is 1.70 bits per heavy atom. The molecule has 6 heteroatoms. The van der Waals surface area contributed by atoms with Crippen molar-refractivity contribution in [2.75, 3.05) is 21.3 Å². The molecule has 0 rings (SSSR count). The van der Waals surface area contributed by atoms with Crippen LogP contribution in [0, 0.1) is 5.92 Å². The van der Waals surface area contributed by atoms with Gasteiger partial charge in [0.25, 0.3) is 0 Å². The Morgan fingerprint density at radius 3 is 2.10 bits per heavy atom. The van der Waals surface area contributed by atoms with E-state index in [1.807, 2.05) is 0 Å². The minimum atomic E-state index is -3.34. The minimum Gasteiger partial charge on any atom is -0.448 e. The van der Waals surface area contributed by atoms with Crippen molar-refractivity contribution >= 4 is 15.0 Å². The average molecular weight is 304 g/mol. The second kappa shape index (κ2) is 10.1. The fraction of sp³-hybridized carbons (Fsp3) is 0.786. The maximum atomic E-state index is 12.0. The first-order chi connectivity index (χ1) is 9.48. The van der Waals surface area contributed by atoms with Crippen LogP contribution < -0.4 is 0 Å². The van der Waals surface area contributed by atoms with Crippen molar-refractivity contribution in [1.82, 2.24) is 0 Å². The van der Waals surface area contributed by atoms with Crippen LogP contribution in [-0.4, -0.2) is 36.3 Å². The minimum absolute atomic E-state index is 0.441. The third-order valence-corrected chi connectivity index (χ3v) is 5.27. The Morgan fingerprint density at radius 1 is 1.15 bits per heavy atom. The van der Waals surface area contributed by atoms with E-state index >= 15 is 0 Å². The van der Waals surface area contributed by atoms with Gasteiger partial charge in [-0.15, -0.1) is 0 Å². The predicted molar refractivity (Wildman–Crippen MR) is 79.9 cm³/mol. The van der Waals surface area contributed by atoms with Crippen LogP contribution in [0.25, 0.3) is 0 Å². The number of unbranched alkanes of at least 4 members (excludes halogenated alkanes) is 1. The maximum absolute atomic E-state index is 12.0. The first-order valence-corrected chi connectivity index (χ1v) is 8.68. The molecular weight excluding hydrogens is 276 g/mol. The highest BCUT2D eigenvalue weighted by Gasteiger charge is 2.47. The lowest BCUT2D eigenvalue weighted by Gasteiger charge is -2.23. The van der Waals surface area contributed by atoms with Crippen LogP contribution in [0.15, 0.2) is 12.2 Å². The summed E-state index contributed by atoms with van der Waals surface area (Å²) in [5, 5.41) is 0. The summed E-state index contributed by atoms with van der Waals surface area (Å²) in [6, 6.07) is 0. The molecule has 0 spiro atoms. The van der Waals surface area contributed by atoms with Gasteiger partial charge >= 0.3 is 15.0 Å². The molecule has 0 amide bonds. The first kappa shape index (κ1) is 19.3. The van der Waals surface area contributed by atoms with Crippen molar-refractivity contribution in [3.8, 4) is 0 Å². The van der Waals surface area contributed by atoms with Gasteiger partial charge in [0.2, 0.25) is 0 Å². The molecule has 1 unspecified atom stereocenters. The second-order valence-electron chi connectivity index (χ2n) is 4.73. The molecular formula is C14H28O5Si. The lowest BCUT2D eigenvalue weighted by atomic mass is 9.92. The molecule has 20 heavy (non-hydrogen) atoms. The van der Waals surface area contributed by atoms with Gasteiger partial charge in [-0.25, -0.2) is 4.79 Å². The molecule has 0 aliphatic heterocycles. The summed E-state index contributed by atoms with van der Waals surface area (Å²) in [6.07, 6.45) is 5.07. The monoisotopic (exact) mass is 304 g/mol. The SMILES string of the molecule is C=C(CC(CC)CCCC)C(=O)O[Si](OC)(OC)OC. The Bertz CT molecular complexity index is 294. The summed E-state index contributed by atoms with van der Waals surface area (Å²) in [5.74, 6) is -0.0455. The van der Waals surface area contributed by atoms with Gasteiger partial charge in [-0.3, -0.25) is 0 Å². The third kappa shape index (κ3) is 6.17. The second-order valence-corrected chi connectivity index (χ2v) is 7.15. The average Bonchev–Trinajstić information content (AvgIpc) is 2.48. The number of carbonyl (C=O) groups is 1. The van der Waals surface area contributed by atoms with Gasteiger partial charge in [0, 0.05) is 26.9 Å². The summed E-state index contributed by atoms with van der Waals surface area (Å²) >= 11 is 0. The van der Waals surface area contributed by atoms with E-state index in [4.69, 9.17) is 17.7 Å². The summed E-state index contributed by atoms with van der Waals surface area (Å²) in [6.45, 7) is 8.10. The van der Waals surface area contributed by atoms with Gasteiger partial charge in [0.15, 0.2) is 0 Å². The van der Waals surface area contributed by atoms with Gasteiger partial charge in [-0.05, 0) is 12.3 Å². The highest BCUT2D eigenvalue weighted by molar-refractivity contribution is 6.55. The summed E-state index contributed by atoms with van der Waals surface area (Å²) in [7, 11) is 0.842. The molecule has 0 heterocycles. The van der Waals surface area contributed by atoms with Crippen molar-refractivity contribution in [1.29, 1.82) is 0 Å². The molecule has 0 N–H and O–H groups in total. The zero-order valence-electron chi connectivity index (χ0n) is 13.4. The third-order valence-electron chi connectivity index (χ3n) is 3.33. The topological polar surface area (TPSA) is 54.0 Å². The van der Waals surface area contributed by atoms with E-state index in [0.717, 1.165) is 25.7 Å². The molecule has 0 aromatic rings. The number of carbonyl (C=O) groups excluding carboxylic acids is 1. The molecule has 0 bridgehead atoms. The molecule has 0 fully saturated rings. The largest absolute Gasteiger partial charge is 0.751 e. The van der Waals surface area contributed by atoms with E-state index in [1.54, 1.807) is 0 Å².